The van der Waals surface area contributed by atoms with Gasteiger partial charge in [-0.05, 0) is 63.0 Å². The van der Waals surface area contributed by atoms with Gasteiger partial charge in [0.15, 0.2) is 0 Å². The fraction of sp³-hybridized carbons (Fsp3) is 0.600. The number of rotatable bonds is 5. The number of nitrogens with one attached hydrogen (secondary N) is 2. The summed E-state index contributed by atoms with van der Waals surface area (Å²) in [5, 5.41) is 7.04. The van der Waals surface area contributed by atoms with E-state index in [4.69, 9.17) is 4.74 Å². The first-order valence-corrected chi connectivity index (χ1v) is 6.87. The molecule has 1 aromatic rings. The SMILES string of the molecule is COc1ccc(CCNC2CCNCC2)cc1C. The summed E-state index contributed by atoms with van der Waals surface area (Å²) in [6.45, 7) is 5.47. The highest BCUT2D eigenvalue weighted by Crippen LogP contribution is 2.18. The van der Waals surface area contributed by atoms with Gasteiger partial charge in [0.1, 0.15) is 5.75 Å². The van der Waals surface area contributed by atoms with E-state index in [0.29, 0.717) is 6.04 Å². The Morgan fingerprint density at radius 2 is 2.11 bits per heavy atom. The third kappa shape index (κ3) is 3.72. The Morgan fingerprint density at radius 1 is 1.33 bits per heavy atom. The lowest BCUT2D eigenvalue weighted by atomic mass is 10.1. The standard InChI is InChI=1S/C15H24N2O/c1-12-11-13(3-4-15(12)18-2)5-10-17-14-6-8-16-9-7-14/h3-4,11,14,16-17H,5-10H2,1-2H3. The van der Waals surface area contributed by atoms with Crippen molar-refractivity contribution in [2.75, 3.05) is 26.7 Å². The van der Waals surface area contributed by atoms with Gasteiger partial charge in [0.05, 0.1) is 7.11 Å². The highest BCUT2D eigenvalue weighted by atomic mass is 16.5. The average Bonchev–Trinajstić information content (AvgIpc) is 2.40. The van der Waals surface area contributed by atoms with Crippen molar-refractivity contribution >= 4 is 0 Å². The van der Waals surface area contributed by atoms with Crippen molar-refractivity contribution in [2.45, 2.75) is 32.2 Å². The zero-order chi connectivity index (χ0) is 12.8. The number of methoxy groups -OCH3 is 1. The van der Waals surface area contributed by atoms with Crippen molar-refractivity contribution in [3.05, 3.63) is 29.3 Å². The number of benzene rings is 1. The molecule has 1 heterocycles. The first-order chi connectivity index (χ1) is 8.79. The van der Waals surface area contributed by atoms with Gasteiger partial charge in [-0.15, -0.1) is 0 Å². The van der Waals surface area contributed by atoms with Crippen LogP contribution in [-0.4, -0.2) is 32.8 Å². The predicted octanol–water partition coefficient (Wildman–Crippen LogP) is 1.89. The Kier molecular flexibility index (Phi) is 5.02. The molecular formula is C15H24N2O. The van der Waals surface area contributed by atoms with Crippen LogP contribution in [-0.2, 0) is 6.42 Å². The van der Waals surface area contributed by atoms with E-state index in [1.54, 1.807) is 7.11 Å². The van der Waals surface area contributed by atoms with Crippen LogP contribution < -0.4 is 15.4 Å². The topological polar surface area (TPSA) is 33.3 Å². The van der Waals surface area contributed by atoms with E-state index in [9.17, 15) is 0 Å². The van der Waals surface area contributed by atoms with Crippen LogP contribution in [0.2, 0.25) is 0 Å². The Hall–Kier alpha value is -1.06. The van der Waals surface area contributed by atoms with E-state index in [1.807, 2.05) is 0 Å². The summed E-state index contributed by atoms with van der Waals surface area (Å²) in [6.07, 6.45) is 3.60. The van der Waals surface area contributed by atoms with Gasteiger partial charge in [0, 0.05) is 6.04 Å². The maximum Gasteiger partial charge on any atom is 0.121 e. The fourth-order valence-corrected chi connectivity index (χ4v) is 2.54. The molecule has 100 valence electrons. The highest BCUT2D eigenvalue weighted by Gasteiger charge is 2.11. The molecule has 3 nitrogen and oxygen atoms in total. The van der Waals surface area contributed by atoms with Crippen molar-refractivity contribution in [1.82, 2.24) is 10.6 Å². The normalized spacial score (nSPS) is 16.8. The fourth-order valence-electron chi connectivity index (χ4n) is 2.54. The lowest BCUT2D eigenvalue weighted by Gasteiger charge is -2.23. The molecule has 18 heavy (non-hydrogen) atoms. The maximum absolute atomic E-state index is 5.28. The van der Waals surface area contributed by atoms with E-state index in [0.717, 1.165) is 31.8 Å². The van der Waals surface area contributed by atoms with E-state index >= 15 is 0 Å². The van der Waals surface area contributed by atoms with Crippen LogP contribution >= 0.6 is 0 Å². The largest absolute Gasteiger partial charge is 0.496 e. The van der Waals surface area contributed by atoms with Gasteiger partial charge < -0.3 is 15.4 Å². The second-order valence-electron chi connectivity index (χ2n) is 5.03. The first-order valence-electron chi connectivity index (χ1n) is 6.87. The summed E-state index contributed by atoms with van der Waals surface area (Å²) in [5.41, 5.74) is 2.60. The second kappa shape index (κ2) is 6.76. The van der Waals surface area contributed by atoms with Crippen LogP contribution in [0, 0.1) is 6.92 Å². The number of piperidine rings is 1. The minimum Gasteiger partial charge on any atom is -0.496 e. The predicted molar refractivity (Wildman–Crippen MR) is 75.3 cm³/mol. The second-order valence-corrected chi connectivity index (χ2v) is 5.03. The third-order valence-electron chi connectivity index (χ3n) is 3.65. The van der Waals surface area contributed by atoms with E-state index in [1.165, 1.54) is 24.0 Å². The molecule has 2 rings (SSSR count). The molecule has 0 saturated carbocycles. The Labute approximate surface area is 110 Å². The Balaban J connectivity index is 1.77. The molecule has 0 radical (unpaired) electrons. The van der Waals surface area contributed by atoms with Crippen LogP contribution in [0.3, 0.4) is 0 Å². The zero-order valence-corrected chi connectivity index (χ0v) is 11.5. The molecule has 0 spiro atoms. The van der Waals surface area contributed by atoms with Crippen LogP contribution in [0.4, 0.5) is 0 Å². The van der Waals surface area contributed by atoms with Gasteiger partial charge in [-0.2, -0.15) is 0 Å². The molecule has 1 saturated heterocycles. The van der Waals surface area contributed by atoms with E-state index in [-0.39, 0.29) is 0 Å². The molecule has 3 heteroatoms. The molecule has 1 fully saturated rings. The molecule has 0 atom stereocenters. The lowest BCUT2D eigenvalue weighted by molar-refractivity contribution is 0.389. The molecule has 0 aromatic heterocycles. The van der Waals surface area contributed by atoms with Gasteiger partial charge in [-0.1, -0.05) is 12.1 Å². The van der Waals surface area contributed by atoms with Crippen molar-refractivity contribution in [2.24, 2.45) is 0 Å². The van der Waals surface area contributed by atoms with E-state index < -0.39 is 0 Å². The number of hydrogen-bond acceptors (Lipinski definition) is 3. The van der Waals surface area contributed by atoms with Crippen molar-refractivity contribution in [1.29, 1.82) is 0 Å². The average molecular weight is 248 g/mol. The summed E-state index contributed by atoms with van der Waals surface area (Å²) in [4.78, 5) is 0. The number of ether oxygens (including phenoxy) is 1. The molecule has 2 N–H and O–H groups in total. The molecular weight excluding hydrogens is 224 g/mol. The first kappa shape index (κ1) is 13.4. The van der Waals surface area contributed by atoms with Crippen LogP contribution in [0.25, 0.3) is 0 Å². The van der Waals surface area contributed by atoms with Crippen molar-refractivity contribution in [3.8, 4) is 5.75 Å². The summed E-state index contributed by atoms with van der Waals surface area (Å²) in [5.74, 6) is 0.977. The van der Waals surface area contributed by atoms with Gasteiger partial charge in [0.25, 0.3) is 0 Å². The summed E-state index contributed by atoms with van der Waals surface area (Å²) < 4.78 is 5.28. The summed E-state index contributed by atoms with van der Waals surface area (Å²) in [7, 11) is 1.72. The van der Waals surface area contributed by atoms with Gasteiger partial charge in [0.2, 0.25) is 0 Å². The van der Waals surface area contributed by atoms with Gasteiger partial charge in [-0.25, -0.2) is 0 Å². The van der Waals surface area contributed by atoms with Gasteiger partial charge >= 0.3 is 0 Å². The van der Waals surface area contributed by atoms with Crippen LogP contribution in [0.1, 0.15) is 24.0 Å². The molecule has 0 unspecified atom stereocenters. The smallest absolute Gasteiger partial charge is 0.121 e. The van der Waals surface area contributed by atoms with Crippen molar-refractivity contribution < 1.29 is 4.74 Å². The molecule has 0 amide bonds. The van der Waals surface area contributed by atoms with Gasteiger partial charge in [-0.3, -0.25) is 0 Å². The van der Waals surface area contributed by atoms with E-state index in [2.05, 4.69) is 35.8 Å². The molecule has 0 bridgehead atoms. The highest BCUT2D eigenvalue weighted by molar-refractivity contribution is 5.36. The number of hydrogen-bond donors (Lipinski definition) is 2. The van der Waals surface area contributed by atoms with Crippen LogP contribution in [0.5, 0.6) is 5.75 Å². The maximum atomic E-state index is 5.28. The number of aryl methyl sites for hydroxylation is 1. The quantitative estimate of drug-likeness (QED) is 0.835. The minimum absolute atomic E-state index is 0.700. The molecule has 1 aliphatic rings. The Bertz CT molecular complexity index is 373. The van der Waals surface area contributed by atoms with Crippen molar-refractivity contribution in [3.63, 3.8) is 0 Å². The minimum atomic E-state index is 0.700. The molecule has 1 aromatic carbocycles. The Morgan fingerprint density at radius 3 is 2.78 bits per heavy atom. The third-order valence-corrected chi connectivity index (χ3v) is 3.65. The lowest BCUT2D eigenvalue weighted by Crippen LogP contribution is -2.40. The van der Waals surface area contributed by atoms with Crippen LogP contribution in [0.15, 0.2) is 18.2 Å². The monoisotopic (exact) mass is 248 g/mol. The summed E-state index contributed by atoms with van der Waals surface area (Å²) >= 11 is 0. The molecule has 1 aliphatic heterocycles. The molecule has 0 aliphatic carbocycles. The summed E-state index contributed by atoms with van der Waals surface area (Å²) in [6, 6.07) is 7.15. The zero-order valence-electron chi connectivity index (χ0n) is 11.5.